The number of carbonyl (C=O) groups is 1. The van der Waals surface area contributed by atoms with Crippen LogP contribution in [0.25, 0.3) is 0 Å². The summed E-state index contributed by atoms with van der Waals surface area (Å²) in [7, 11) is -5.77. The zero-order valence-electron chi connectivity index (χ0n) is 9.28. The number of rotatable bonds is 6. The van der Waals surface area contributed by atoms with E-state index in [-0.39, 0.29) is 6.61 Å². The van der Waals surface area contributed by atoms with Gasteiger partial charge >= 0.3 is 21.6 Å². The summed E-state index contributed by atoms with van der Waals surface area (Å²) in [6, 6.07) is 0. The monoisotopic (exact) mass is 278 g/mol. The quantitative estimate of drug-likeness (QED) is 0.319. The molecule has 0 saturated heterocycles. The fourth-order valence-corrected chi connectivity index (χ4v) is 1.29. The number of unbranched alkanes of at least 4 members (excludes halogenated alkanes) is 1. The molecular weight excluding hydrogens is 265 g/mol. The molecule has 1 atom stereocenters. The molecule has 0 amide bonds. The Morgan fingerprint density at radius 3 is 2.29 bits per heavy atom. The molecule has 0 fully saturated rings. The second kappa shape index (κ2) is 6.20. The molecule has 0 saturated carbocycles. The average molecular weight is 278 g/mol. The van der Waals surface area contributed by atoms with Crippen LogP contribution >= 0.6 is 0 Å². The van der Waals surface area contributed by atoms with Crippen molar-refractivity contribution in [1.29, 1.82) is 0 Å². The Morgan fingerprint density at radius 2 is 1.88 bits per heavy atom. The fourth-order valence-electron chi connectivity index (χ4n) is 0.718. The van der Waals surface area contributed by atoms with Gasteiger partial charge in [-0.1, -0.05) is 13.3 Å². The maximum absolute atomic E-state index is 11.9. The third kappa shape index (κ3) is 5.35. The highest BCUT2D eigenvalue weighted by molar-refractivity contribution is 7.87. The molecule has 0 aliphatic rings. The van der Waals surface area contributed by atoms with Crippen molar-refractivity contribution < 1.29 is 35.3 Å². The molecule has 0 heterocycles. The Kier molecular flexibility index (Phi) is 5.89. The summed E-state index contributed by atoms with van der Waals surface area (Å²) in [6.45, 7) is 2.70. The van der Waals surface area contributed by atoms with Crippen LogP contribution in [0, 0.1) is 0 Å². The molecule has 0 N–H and O–H groups in total. The van der Waals surface area contributed by atoms with Gasteiger partial charge in [0.1, 0.15) is 0 Å². The van der Waals surface area contributed by atoms with E-state index < -0.39 is 27.7 Å². The van der Waals surface area contributed by atoms with Crippen molar-refractivity contribution in [3.8, 4) is 0 Å². The first-order valence-corrected chi connectivity index (χ1v) is 6.19. The van der Waals surface area contributed by atoms with Gasteiger partial charge in [0, 0.05) is 0 Å². The summed E-state index contributed by atoms with van der Waals surface area (Å²) in [4.78, 5) is 11.0. The lowest BCUT2D eigenvalue weighted by Crippen LogP contribution is -2.33. The molecule has 0 aliphatic heterocycles. The van der Waals surface area contributed by atoms with E-state index in [1.54, 1.807) is 0 Å². The maximum atomic E-state index is 11.9. The van der Waals surface area contributed by atoms with Crippen LogP contribution in [0.2, 0.25) is 0 Å². The van der Waals surface area contributed by atoms with E-state index >= 15 is 0 Å². The predicted molar refractivity (Wildman–Crippen MR) is 51.4 cm³/mol. The Labute approximate surface area is 97.0 Å². The Hall–Kier alpha value is -0.830. The molecule has 0 radical (unpaired) electrons. The Bertz CT molecular complexity index is 349. The minimum Gasteiger partial charge on any atom is -0.464 e. The molecule has 0 aromatic heterocycles. The van der Waals surface area contributed by atoms with Gasteiger partial charge in [0.25, 0.3) is 0 Å². The number of alkyl halides is 3. The number of ether oxygens (including phenoxy) is 1. The number of hydrogen-bond donors (Lipinski definition) is 0. The zero-order chi connectivity index (χ0) is 13.7. The predicted octanol–water partition coefficient (Wildman–Crippen LogP) is 1.58. The molecule has 102 valence electrons. The number of halogens is 3. The van der Waals surface area contributed by atoms with Crippen LogP contribution in [0.15, 0.2) is 0 Å². The van der Waals surface area contributed by atoms with E-state index in [9.17, 15) is 26.4 Å². The lowest BCUT2D eigenvalue weighted by atomic mass is 10.3. The molecule has 17 heavy (non-hydrogen) atoms. The highest BCUT2D eigenvalue weighted by Gasteiger charge is 2.49. The Balaban J connectivity index is 4.36. The molecule has 0 bridgehead atoms. The SMILES string of the molecule is CCCCOC(=O)[C@@H](C)OS(=O)(=O)C(F)(F)F. The minimum atomic E-state index is -5.77. The topological polar surface area (TPSA) is 69.7 Å². The summed E-state index contributed by atoms with van der Waals surface area (Å²) < 4.78 is 65.0. The van der Waals surface area contributed by atoms with E-state index in [2.05, 4.69) is 8.92 Å². The van der Waals surface area contributed by atoms with Gasteiger partial charge in [0.15, 0.2) is 6.10 Å². The third-order valence-corrected chi connectivity index (χ3v) is 2.74. The largest absolute Gasteiger partial charge is 0.523 e. The molecule has 9 heteroatoms. The van der Waals surface area contributed by atoms with Crippen LogP contribution in [-0.4, -0.2) is 32.6 Å². The minimum absolute atomic E-state index is 0.00903. The molecule has 0 aliphatic carbocycles. The van der Waals surface area contributed by atoms with Crippen LogP contribution in [0.1, 0.15) is 26.7 Å². The molecule has 0 spiro atoms. The van der Waals surface area contributed by atoms with Gasteiger partial charge in [-0.15, -0.1) is 0 Å². The van der Waals surface area contributed by atoms with E-state index in [0.717, 1.165) is 13.3 Å². The molecule has 0 unspecified atom stereocenters. The summed E-state index contributed by atoms with van der Waals surface area (Å²) in [5.74, 6) is -1.15. The molecule has 0 aromatic rings. The summed E-state index contributed by atoms with van der Waals surface area (Å²) in [5, 5.41) is 0. The van der Waals surface area contributed by atoms with E-state index in [1.807, 2.05) is 6.92 Å². The first-order chi connectivity index (χ1) is 7.62. The first kappa shape index (κ1) is 16.2. The van der Waals surface area contributed by atoms with E-state index in [4.69, 9.17) is 0 Å². The van der Waals surface area contributed by atoms with Gasteiger partial charge in [-0.05, 0) is 13.3 Å². The van der Waals surface area contributed by atoms with Crippen molar-refractivity contribution in [3.63, 3.8) is 0 Å². The molecular formula is C8H13F3O5S. The van der Waals surface area contributed by atoms with Gasteiger partial charge in [-0.25, -0.2) is 8.98 Å². The van der Waals surface area contributed by atoms with Gasteiger partial charge in [0.2, 0.25) is 0 Å². The normalized spacial score (nSPS) is 14.4. The molecule has 5 nitrogen and oxygen atoms in total. The lowest BCUT2D eigenvalue weighted by molar-refractivity contribution is -0.151. The lowest BCUT2D eigenvalue weighted by Gasteiger charge is -2.13. The smallest absolute Gasteiger partial charge is 0.464 e. The number of hydrogen-bond acceptors (Lipinski definition) is 5. The van der Waals surface area contributed by atoms with E-state index in [1.165, 1.54) is 0 Å². The standard InChI is InChI=1S/C8H13F3O5S/c1-3-4-5-15-7(12)6(2)16-17(13,14)8(9,10)11/h6H,3-5H2,1-2H3/t6-/m1/s1. The fraction of sp³-hybridized carbons (Fsp3) is 0.875. The van der Waals surface area contributed by atoms with Crippen molar-refractivity contribution in [2.24, 2.45) is 0 Å². The van der Waals surface area contributed by atoms with Gasteiger partial charge < -0.3 is 4.74 Å². The second-order valence-corrected chi connectivity index (χ2v) is 4.72. The van der Waals surface area contributed by atoms with Crippen molar-refractivity contribution in [2.75, 3.05) is 6.61 Å². The average Bonchev–Trinajstić information content (AvgIpc) is 2.15. The van der Waals surface area contributed by atoms with Crippen LogP contribution in [-0.2, 0) is 23.8 Å². The summed E-state index contributed by atoms with van der Waals surface area (Å²) >= 11 is 0. The first-order valence-electron chi connectivity index (χ1n) is 4.78. The maximum Gasteiger partial charge on any atom is 0.523 e. The van der Waals surface area contributed by atoms with Crippen molar-refractivity contribution >= 4 is 16.1 Å². The van der Waals surface area contributed by atoms with Gasteiger partial charge in [0.05, 0.1) is 6.61 Å². The summed E-state index contributed by atoms with van der Waals surface area (Å²) in [5.41, 5.74) is -5.55. The number of esters is 1. The van der Waals surface area contributed by atoms with Crippen LogP contribution in [0.4, 0.5) is 13.2 Å². The second-order valence-electron chi connectivity index (χ2n) is 3.16. The van der Waals surface area contributed by atoms with Crippen molar-refractivity contribution in [2.45, 2.75) is 38.3 Å². The van der Waals surface area contributed by atoms with Crippen molar-refractivity contribution in [1.82, 2.24) is 0 Å². The molecule has 0 aromatic carbocycles. The van der Waals surface area contributed by atoms with Crippen LogP contribution < -0.4 is 0 Å². The Morgan fingerprint density at radius 1 is 1.35 bits per heavy atom. The summed E-state index contributed by atoms with van der Waals surface area (Å²) in [6.07, 6.45) is -0.563. The molecule has 0 rings (SSSR count). The highest BCUT2D eigenvalue weighted by atomic mass is 32.2. The van der Waals surface area contributed by atoms with E-state index in [0.29, 0.717) is 6.42 Å². The third-order valence-electron chi connectivity index (χ3n) is 1.63. The van der Waals surface area contributed by atoms with Crippen molar-refractivity contribution in [3.05, 3.63) is 0 Å². The number of carbonyl (C=O) groups excluding carboxylic acids is 1. The van der Waals surface area contributed by atoms with Crippen LogP contribution in [0.5, 0.6) is 0 Å². The zero-order valence-corrected chi connectivity index (χ0v) is 10.1. The van der Waals surface area contributed by atoms with Gasteiger partial charge in [-0.2, -0.15) is 21.6 Å². The van der Waals surface area contributed by atoms with Gasteiger partial charge in [-0.3, -0.25) is 0 Å². The van der Waals surface area contributed by atoms with Crippen LogP contribution in [0.3, 0.4) is 0 Å². The highest BCUT2D eigenvalue weighted by Crippen LogP contribution is 2.25.